The summed E-state index contributed by atoms with van der Waals surface area (Å²) in [5.41, 5.74) is 3.45. The molecule has 1 atom stereocenters. The smallest absolute Gasteiger partial charge is 0.264 e. The second-order valence-corrected chi connectivity index (χ2v) is 13.3. The Bertz CT molecular complexity index is 1910. The van der Waals surface area contributed by atoms with Crippen LogP contribution in [0.4, 0.5) is 5.69 Å². The van der Waals surface area contributed by atoms with E-state index in [1.54, 1.807) is 90.4 Å². The maximum absolute atomic E-state index is 13.3. The molecule has 2 aliphatic heterocycles. The Morgan fingerprint density at radius 3 is 2.27 bits per heavy atom. The number of aromatic nitrogens is 2. The minimum atomic E-state index is -3.85. The minimum absolute atomic E-state index is 0.126. The predicted octanol–water partition coefficient (Wildman–Crippen LogP) is 4.00. The van der Waals surface area contributed by atoms with Gasteiger partial charge in [0.05, 0.1) is 24.1 Å². The summed E-state index contributed by atoms with van der Waals surface area (Å²) in [5, 5.41) is 0. The van der Waals surface area contributed by atoms with Crippen molar-refractivity contribution in [2.24, 2.45) is 0 Å². The van der Waals surface area contributed by atoms with E-state index in [0.29, 0.717) is 60.8 Å². The van der Waals surface area contributed by atoms with Crippen molar-refractivity contribution in [3.8, 4) is 17.6 Å². The molecule has 2 fully saturated rings. The third-order valence-corrected chi connectivity index (χ3v) is 9.17. The fourth-order valence-corrected chi connectivity index (χ4v) is 6.58. The SMILES string of the molecule is O=C(NS(=O)(=O)Cc1ccccc1)c1ccc(N2CCN(C(=O)c3cncc(C#Cc4cncc(OC5CCCCO5)c4)c3)CC2)cc1. The summed E-state index contributed by atoms with van der Waals surface area (Å²) in [7, 11) is -3.85. The molecule has 2 saturated heterocycles. The van der Waals surface area contributed by atoms with Gasteiger partial charge in [0, 0.05) is 73.6 Å². The van der Waals surface area contributed by atoms with Crippen molar-refractivity contribution in [1.82, 2.24) is 19.6 Å². The Balaban J connectivity index is 1.01. The maximum Gasteiger partial charge on any atom is 0.264 e. The molecule has 6 rings (SSSR count). The molecule has 0 saturated carbocycles. The van der Waals surface area contributed by atoms with E-state index >= 15 is 0 Å². The Kier molecular flexibility index (Phi) is 10.3. The number of nitrogens with zero attached hydrogens (tertiary/aromatic N) is 4. The van der Waals surface area contributed by atoms with Crippen molar-refractivity contribution in [2.45, 2.75) is 31.3 Å². The van der Waals surface area contributed by atoms with Crippen LogP contribution in [0.1, 0.15) is 56.7 Å². The van der Waals surface area contributed by atoms with Crippen molar-refractivity contribution < 1.29 is 27.5 Å². The maximum atomic E-state index is 13.3. The first-order chi connectivity index (χ1) is 23.3. The Labute approximate surface area is 280 Å². The standard InChI is InChI=1S/C36H35N5O6S/c42-35(39-48(44,45)26-27-6-2-1-3-7-27)30-11-13-32(14-12-30)40-15-17-41(18-16-40)36(43)31-20-28(22-37-24-31)9-10-29-21-33(25-38-23-29)47-34-8-4-5-19-46-34/h1-3,6-7,11-14,20-25,34H,4-5,8,15-19,26H2,(H,39,42). The number of sulfonamides is 1. The number of piperazine rings is 1. The van der Waals surface area contributed by atoms with E-state index in [-0.39, 0.29) is 23.5 Å². The molecule has 0 bridgehead atoms. The van der Waals surface area contributed by atoms with Gasteiger partial charge in [-0.15, -0.1) is 0 Å². The summed E-state index contributed by atoms with van der Waals surface area (Å²) >= 11 is 0. The molecule has 4 aromatic rings. The van der Waals surface area contributed by atoms with E-state index < -0.39 is 15.9 Å². The summed E-state index contributed by atoms with van der Waals surface area (Å²) in [6, 6.07) is 19.0. The minimum Gasteiger partial charge on any atom is -0.463 e. The van der Waals surface area contributed by atoms with Gasteiger partial charge in [-0.25, -0.2) is 13.1 Å². The first-order valence-corrected chi connectivity index (χ1v) is 17.4. The van der Waals surface area contributed by atoms with Crippen LogP contribution >= 0.6 is 0 Å². The van der Waals surface area contributed by atoms with E-state index in [4.69, 9.17) is 9.47 Å². The van der Waals surface area contributed by atoms with Gasteiger partial charge in [0.1, 0.15) is 5.75 Å². The Morgan fingerprint density at radius 2 is 1.56 bits per heavy atom. The second-order valence-electron chi connectivity index (χ2n) is 11.5. The molecule has 1 N–H and O–H groups in total. The van der Waals surface area contributed by atoms with Crippen LogP contribution < -0.4 is 14.4 Å². The van der Waals surface area contributed by atoms with Crippen molar-refractivity contribution >= 4 is 27.5 Å². The topological polar surface area (TPSA) is 131 Å². The lowest BCUT2D eigenvalue weighted by atomic mass is 10.1. The Morgan fingerprint density at radius 1 is 0.854 bits per heavy atom. The molecule has 1 unspecified atom stereocenters. The van der Waals surface area contributed by atoms with Gasteiger partial charge < -0.3 is 19.3 Å². The van der Waals surface area contributed by atoms with Crippen LogP contribution in [0, 0.1) is 11.8 Å². The first kappa shape index (κ1) is 32.7. The molecule has 2 aliphatic rings. The molecule has 2 aromatic carbocycles. The summed E-state index contributed by atoms with van der Waals surface area (Å²) in [4.78, 5) is 38.3. The third kappa shape index (κ3) is 8.76. The summed E-state index contributed by atoms with van der Waals surface area (Å²) < 4.78 is 38.6. The number of hydrogen-bond donors (Lipinski definition) is 1. The van der Waals surface area contributed by atoms with Gasteiger partial charge >= 0.3 is 0 Å². The molecule has 11 nitrogen and oxygen atoms in total. The van der Waals surface area contributed by atoms with Crippen molar-refractivity contribution in [3.05, 3.63) is 119 Å². The van der Waals surface area contributed by atoms with Crippen molar-refractivity contribution in [3.63, 3.8) is 0 Å². The highest BCUT2D eigenvalue weighted by Crippen LogP contribution is 2.21. The van der Waals surface area contributed by atoms with E-state index in [1.807, 2.05) is 6.07 Å². The molecule has 48 heavy (non-hydrogen) atoms. The van der Waals surface area contributed by atoms with E-state index in [0.717, 1.165) is 24.9 Å². The zero-order valence-corrected chi connectivity index (χ0v) is 27.1. The molecule has 12 heteroatoms. The average molecular weight is 666 g/mol. The largest absolute Gasteiger partial charge is 0.463 e. The number of hydrogen-bond acceptors (Lipinski definition) is 9. The zero-order valence-electron chi connectivity index (χ0n) is 26.2. The van der Waals surface area contributed by atoms with Crippen LogP contribution in [0.2, 0.25) is 0 Å². The number of ether oxygens (including phenoxy) is 2. The average Bonchev–Trinajstić information content (AvgIpc) is 3.11. The molecule has 2 amide bonds. The van der Waals surface area contributed by atoms with Gasteiger partial charge in [-0.3, -0.25) is 19.6 Å². The molecule has 0 radical (unpaired) electrons. The van der Waals surface area contributed by atoms with Crippen LogP contribution in [0.15, 0.2) is 91.5 Å². The predicted molar refractivity (Wildman–Crippen MR) is 180 cm³/mol. The summed E-state index contributed by atoms with van der Waals surface area (Å²) in [5.74, 6) is 5.66. The third-order valence-electron chi connectivity index (χ3n) is 7.96. The van der Waals surface area contributed by atoms with Crippen LogP contribution in [0.25, 0.3) is 0 Å². The lowest BCUT2D eigenvalue weighted by molar-refractivity contribution is -0.106. The first-order valence-electron chi connectivity index (χ1n) is 15.7. The zero-order chi connectivity index (χ0) is 33.3. The van der Waals surface area contributed by atoms with E-state index in [1.165, 1.54) is 0 Å². The number of anilines is 1. The van der Waals surface area contributed by atoms with Crippen molar-refractivity contribution in [1.29, 1.82) is 0 Å². The number of rotatable bonds is 8. The highest BCUT2D eigenvalue weighted by molar-refractivity contribution is 7.89. The number of benzene rings is 2. The lowest BCUT2D eigenvalue weighted by Crippen LogP contribution is -2.48. The summed E-state index contributed by atoms with van der Waals surface area (Å²) in [6.45, 7) is 2.87. The molecule has 246 valence electrons. The van der Waals surface area contributed by atoms with Crippen molar-refractivity contribution in [2.75, 3.05) is 37.7 Å². The van der Waals surface area contributed by atoms with Crippen LogP contribution in [0.5, 0.6) is 5.75 Å². The van der Waals surface area contributed by atoms with Gasteiger partial charge in [0.2, 0.25) is 10.0 Å². The van der Waals surface area contributed by atoms with E-state index in [9.17, 15) is 18.0 Å². The van der Waals surface area contributed by atoms with Gasteiger partial charge in [-0.2, -0.15) is 0 Å². The van der Waals surface area contributed by atoms with E-state index in [2.05, 4.69) is 31.4 Å². The lowest BCUT2D eigenvalue weighted by Gasteiger charge is -2.36. The number of amides is 2. The van der Waals surface area contributed by atoms with Gasteiger partial charge in [0.25, 0.3) is 11.8 Å². The number of nitrogens with one attached hydrogen (secondary N) is 1. The number of carbonyl (C=O) groups excluding carboxylic acids is 2. The number of carbonyl (C=O) groups is 2. The van der Waals surface area contributed by atoms with Gasteiger partial charge in [0.15, 0.2) is 6.29 Å². The monoisotopic (exact) mass is 665 g/mol. The molecular formula is C36H35N5O6S. The quantitative estimate of drug-likeness (QED) is 0.278. The fourth-order valence-electron chi connectivity index (χ4n) is 5.48. The molecule has 0 aliphatic carbocycles. The molecule has 2 aromatic heterocycles. The van der Waals surface area contributed by atoms with Crippen LogP contribution in [-0.4, -0.2) is 74.2 Å². The normalized spacial score (nSPS) is 16.4. The fraction of sp³-hybridized carbons (Fsp3) is 0.278. The molecule has 4 heterocycles. The van der Waals surface area contributed by atoms with Crippen LogP contribution in [-0.2, 0) is 20.5 Å². The van der Waals surface area contributed by atoms with Gasteiger partial charge in [-0.05, 0) is 54.8 Å². The number of pyridine rings is 2. The summed E-state index contributed by atoms with van der Waals surface area (Å²) in [6.07, 6.45) is 9.15. The molecular weight excluding hydrogens is 630 g/mol. The second kappa shape index (κ2) is 15.1. The molecule has 0 spiro atoms. The Hall–Kier alpha value is -5.25. The highest BCUT2D eigenvalue weighted by Gasteiger charge is 2.23. The van der Waals surface area contributed by atoms with Gasteiger partial charge in [-0.1, -0.05) is 42.2 Å². The van der Waals surface area contributed by atoms with Crippen LogP contribution in [0.3, 0.4) is 0 Å². The highest BCUT2D eigenvalue weighted by atomic mass is 32.2.